The molecular weight excluding hydrogens is 306 g/mol. The van der Waals surface area contributed by atoms with E-state index >= 15 is 0 Å². The van der Waals surface area contributed by atoms with Gasteiger partial charge in [0.15, 0.2) is 5.09 Å². The molecule has 0 radical (unpaired) electrons. The van der Waals surface area contributed by atoms with Crippen LogP contribution in [-0.2, 0) is 5.75 Å². The van der Waals surface area contributed by atoms with Crippen molar-refractivity contribution in [3.8, 4) is 0 Å². The highest BCUT2D eigenvalue weighted by molar-refractivity contribution is 9.10. The minimum Gasteiger partial charge on any atom is -0.475 e. The summed E-state index contributed by atoms with van der Waals surface area (Å²) in [5.74, 6) is -0.417. The number of carbonyl (C=O) groups is 1. The number of hydrogen-bond donors (Lipinski definition) is 1. The first-order chi connectivity index (χ1) is 8.15. The summed E-state index contributed by atoms with van der Waals surface area (Å²) in [6.45, 7) is 0. The van der Waals surface area contributed by atoms with Gasteiger partial charge in [-0.05, 0) is 39.7 Å². The van der Waals surface area contributed by atoms with Gasteiger partial charge in [-0.2, -0.15) is 0 Å². The molecule has 0 fully saturated rings. The molecule has 2 aromatic heterocycles. The Kier molecular flexibility index (Phi) is 3.86. The van der Waals surface area contributed by atoms with Crippen molar-refractivity contribution in [1.82, 2.24) is 4.98 Å². The number of carboxylic acids is 1. The number of rotatable bonds is 4. The molecule has 0 bridgehead atoms. The minimum atomic E-state index is -1.05. The highest BCUT2D eigenvalue weighted by Crippen LogP contribution is 2.25. The zero-order chi connectivity index (χ0) is 12.3. The molecule has 6 heteroatoms. The molecule has 4 nitrogen and oxygen atoms in total. The minimum absolute atomic E-state index is 0.0418. The maximum absolute atomic E-state index is 10.6. The van der Waals surface area contributed by atoms with Gasteiger partial charge in [0.2, 0.25) is 5.76 Å². The number of carboxylic acid groups (broad SMARTS) is 1. The van der Waals surface area contributed by atoms with Crippen LogP contribution in [0.4, 0.5) is 0 Å². The lowest BCUT2D eigenvalue weighted by atomic mass is 10.3. The predicted molar refractivity (Wildman–Crippen MR) is 67.2 cm³/mol. The Hall–Kier alpha value is -1.27. The summed E-state index contributed by atoms with van der Waals surface area (Å²) in [6, 6.07) is 5.06. The average molecular weight is 314 g/mol. The molecule has 0 atom stereocenters. The third-order valence-corrected chi connectivity index (χ3v) is 3.35. The summed E-state index contributed by atoms with van der Waals surface area (Å²) in [4.78, 5) is 14.7. The number of furan rings is 1. The smallest absolute Gasteiger partial charge is 0.371 e. The van der Waals surface area contributed by atoms with E-state index in [4.69, 9.17) is 9.52 Å². The molecule has 0 aliphatic rings. The quantitative estimate of drug-likeness (QED) is 0.876. The second-order valence-corrected chi connectivity index (χ2v) is 5.12. The van der Waals surface area contributed by atoms with Gasteiger partial charge in [0.1, 0.15) is 0 Å². The van der Waals surface area contributed by atoms with E-state index in [2.05, 4.69) is 20.9 Å². The topological polar surface area (TPSA) is 63.3 Å². The molecule has 17 heavy (non-hydrogen) atoms. The monoisotopic (exact) mass is 313 g/mol. The zero-order valence-electron chi connectivity index (χ0n) is 8.59. The molecule has 88 valence electrons. The summed E-state index contributed by atoms with van der Waals surface area (Å²) in [5.41, 5.74) is 1.04. The number of nitrogens with zero attached hydrogens (tertiary/aromatic N) is 1. The van der Waals surface area contributed by atoms with E-state index in [1.165, 1.54) is 17.8 Å². The van der Waals surface area contributed by atoms with Crippen molar-refractivity contribution >= 4 is 33.7 Å². The molecule has 0 saturated carbocycles. The van der Waals surface area contributed by atoms with Crippen molar-refractivity contribution in [1.29, 1.82) is 0 Å². The Morgan fingerprint density at radius 1 is 1.47 bits per heavy atom. The van der Waals surface area contributed by atoms with Crippen molar-refractivity contribution in [3.63, 3.8) is 0 Å². The van der Waals surface area contributed by atoms with Gasteiger partial charge in [0.05, 0.1) is 0 Å². The Bertz CT molecular complexity index is 541. The molecule has 2 rings (SSSR count). The van der Waals surface area contributed by atoms with Gasteiger partial charge in [-0.3, -0.25) is 4.98 Å². The second kappa shape index (κ2) is 5.37. The first-order valence-electron chi connectivity index (χ1n) is 4.70. The van der Waals surface area contributed by atoms with E-state index in [0.29, 0.717) is 10.8 Å². The van der Waals surface area contributed by atoms with Crippen molar-refractivity contribution in [2.45, 2.75) is 10.8 Å². The zero-order valence-corrected chi connectivity index (χ0v) is 11.0. The molecular formula is C11H8BrNO3S. The molecule has 0 spiro atoms. The lowest BCUT2D eigenvalue weighted by Gasteiger charge is -1.99. The van der Waals surface area contributed by atoms with Crippen LogP contribution in [0.2, 0.25) is 0 Å². The molecule has 0 aliphatic heterocycles. The van der Waals surface area contributed by atoms with Crippen LogP contribution in [0.25, 0.3) is 0 Å². The van der Waals surface area contributed by atoms with E-state index in [1.807, 2.05) is 6.07 Å². The third kappa shape index (κ3) is 3.34. The molecule has 2 aromatic rings. The maximum Gasteiger partial charge on any atom is 0.371 e. The summed E-state index contributed by atoms with van der Waals surface area (Å²) in [6.07, 6.45) is 3.47. The van der Waals surface area contributed by atoms with Crippen molar-refractivity contribution < 1.29 is 14.3 Å². The Morgan fingerprint density at radius 3 is 2.94 bits per heavy atom. The first kappa shape index (κ1) is 12.2. The van der Waals surface area contributed by atoms with Crippen LogP contribution in [-0.4, -0.2) is 16.1 Å². The maximum atomic E-state index is 10.6. The van der Waals surface area contributed by atoms with Gasteiger partial charge in [-0.25, -0.2) is 4.79 Å². The van der Waals surface area contributed by atoms with Crippen LogP contribution in [0.1, 0.15) is 16.1 Å². The van der Waals surface area contributed by atoms with Gasteiger partial charge in [0.25, 0.3) is 0 Å². The van der Waals surface area contributed by atoms with Gasteiger partial charge < -0.3 is 9.52 Å². The summed E-state index contributed by atoms with van der Waals surface area (Å²) in [7, 11) is 0. The normalized spacial score (nSPS) is 10.4. The molecule has 1 N–H and O–H groups in total. The fraction of sp³-hybridized carbons (Fsp3) is 0.0909. The average Bonchev–Trinajstić information content (AvgIpc) is 2.75. The van der Waals surface area contributed by atoms with Crippen LogP contribution in [0.15, 0.2) is 44.6 Å². The van der Waals surface area contributed by atoms with Gasteiger partial charge in [-0.1, -0.05) is 11.8 Å². The number of aromatic carboxylic acids is 1. The fourth-order valence-corrected chi connectivity index (χ4v) is 2.39. The molecule has 0 saturated heterocycles. The van der Waals surface area contributed by atoms with Crippen molar-refractivity contribution in [2.75, 3.05) is 0 Å². The number of aromatic nitrogens is 1. The van der Waals surface area contributed by atoms with E-state index in [1.54, 1.807) is 18.5 Å². The Balaban J connectivity index is 2.00. The van der Waals surface area contributed by atoms with Crippen LogP contribution in [0.5, 0.6) is 0 Å². The van der Waals surface area contributed by atoms with E-state index in [0.717, 1.165) is 10.0 Å². The first-order valence-corrected chi connectivity index (χ1v) is 6.48. The lowest BCUT2D eigenvalue weighted by molar-refractivity contribution is 0.0656. The summed E-state index contributed by atoms with van der Waals surface area (Å²) in [5, 5.41) is 9.29. The standard InChI is InChI=1S/C11H8BrNO3S/c12-8-3-7(4-13-5-8)6-17-10-2-1-9(16-10)11(14)15/h1-5H,6H2,(H,14,15). The number of thioether (sulfide) groups is 1. The number of pyridine rings is 1. The Labute approximate surface area is 110 Å². The van der Waals surface area contributed by atoms with Gasteiger partial charge in [0, 0.05) is 22.6 Å². The SMILES string of the molecule is O=C(O)c1ccc(SCc2cncc(Br)c2)o1. The van der Waals surface area contributed by atoms with Crippen LogP contribution in [0.3, 0.4) is 0 Å². The van der Waals surface area contributed by atoms with E-state index in [9.17, 15) is 4.79 Å². The summed E-state index contributed by atoms with van der Waals surface area (Å²) < 4.78 is 6.05. The van der Waals surface area contributed by atoms with Crippen molar-refractivity contribution in [3.05, 3.63) is 46.4 Å². The largest absolute Gasteiger partial charge is 0.475 e. The highest BCUT2D eigenvalue weighted by Gasteiger charge is 2.09. The predicted octanol–water partition coefficient (Wildman–Crippen LogP) is 3.43. The molecule has 0 amide bonds. The van der Waals surface area contributed by atoms with Crippen LogP contribution in [0, 0.1) is 0 Å². The molecule has 0 aliphatic carbocycles. The summed E-state index contributed by atoms with van der Waals surface area (Å²) >= 11 is 4.77. The van der Waals surface area contributed by atoms with Gasteiger partial charge in [-0.15, -0.1) is 0 Å². The van der Waals surface area contributed by atoms with E-state index in [-0.39, 0.29) is 5.76 Å². The van der Waals surface area contributed by atoms with E-state index < -0.39 is 5.97 Å². The Morgan fingerprint density at radius 2 is 2.29 bits per heavy atom. The molecule has 0 unspecified atom stereocenters. The third-order valence-electron chi connectivity index (χ3n) is 1.93. The van der Waals surface area contributed by atoms with Crippen LogP contribution < -0.4 is 0 Å². The van der Waals surface area contributed by atoms with Crippen molar-refractivity contribution in [2.24, 2.45) is 0 Å². The fourth-order valence-electron chi connectivity index (χ4n) is 1.20. The number of halogens is 1. The molecule has 2 heterocycles. The molecule has 0 aromatic carbocycles. The highest BCUT2D eigenvalue weighted by atomic mass is 79.9. The second-order valence-electron chi connectivity index (χ2n) is 3.22. The number of hydrogen-bond acceptors (Lipinski definition) is 4. The van der Waals surface area contributed by atoms with Crippen LogP contribution >= 0.6 is 27.7 Å². The van der Waals surface area contributed by atoms with Gasteiger partial charge >= 0.3 is 5.97 Å². The lowest BCUT2D eigenvalue weighted by Crippen LogP contribution is -1.91.